The Labute approximate surface area is 74.4 Å². The summed E-state index contributed by atoms with van der Waals surface area (Å²) in [6, 6.07) is -0.898. The lowest BCUT2D eigenvalue weighted by atomic mass is 10.4. The van der Waals surface area contributed by atoms with Gasteiger partial charge in [-0.1, -0.05) is 0 Å². The van der Waals surface area contributed by atoms with Crippen molar-refractivity contribution < 1.29 is 19.5 Å². The molecule has 1 aliphatic heterocycles. The van der Waals surface area contributed by atoms with Crippen LogP contribution in [0, 0.1) is 0 Å². The van der Waals surface area contributed by atoms with Crippen LogP contribution in [-0.2, 0) is 9.63 Å². The van der Waals surface area contributed by atoms with Gasteiger partial charge < -0.3 is 10.8 Å². The number of rotatable bonds is 2. The maximum Gasteiger partial charge on any atom is 0.318 e. The number of hydroxylamine groups is 2. The van der Waals surface area contributed by atoms with Crippen LogP contribution >= 0.6 is 0 Å². The highest BCUT2D eigenvalue weighted by atomic mass is 16.7. The highest BCUT2D eigenvalue weighted by Crippen LogP contribution is 2.03. The second kappa shape index (κ2) is 4.17. The Balaban J connectivity index is 2.24. The largest absolute Gasteiger partial charge is 0.389 e. The Kier molecular flexibility index (Phi) is 3.18. The van der Waals surface area contributed by atoms with Crippen molar-refractivity contribution in [3.05, 3.63) is 0 Å². The molecule has 4 N–H and O–H groups in total. The van der Waals surface area contributed by atoms with Crippen molar-refractivity contribution >= 4 is 11.9 Å². The fourth-order valence-corrected chi connectivity index (χ4v) is 0.979. The van der Waals surface area contributed by atoms with Gasteiger partial charge in [-0.15, -0.1) is 0 Å². The second-order valence-electron chi connectivity index (χ2n) is 2.68. The van der Waals surface area contributed by atoms with Crippen LogP contribution in [0.3, 0.4) is 0 Å². The first-order valence-corrected chi connectivity index (χ1v) is 3.73. The quantitative estimate of drug-likeness (QED) is 0.456. The molecule has 1 fully saturated rings. The van der Waals surface area contributed by atoms with Gasteiger partial charge in [-0.3, -0.25) is 14.9 Å². The van der Waals surface area contributed by atoms with Crippen LogP contribution in [0.4, 0.5) is 4.79 Å². The molecule has 1 rings (SSSR count). The van der Waals surface area contributed by atoms with Crippen molar-refractivity contribution in [1.29, 1.82) is 0 Å². The molecule has 0 radical (unpaired) electrons. The van der Waals surface area contributed by atoms with Gasteiger partial charge in [-0.25, -0.2) is 4.79 Å². The van der Waals surface area contributed by atoms with Crippen molar-refractivity contribution in [1.82, 2.24) is 10.4 Å². The number of aliphatic hydroxyl groups is 1. The number of amides is 3. The summed E-state index contributed by atoms with van der Waals surface area (Å²) in [5.74, 6) is -0.554. The molecular weight excluding hydrogens is 178 g/mol. The van der Waals surface area contributed by atoms with Crippen molar-refractivity contribution in [3.8, 4) is 0 Å². The van der Waals surface area contributed by atoms with Crippen LogP contribution in [0.1, 0.15) is 0 Å². The third-order valence-electron chi connectivity index (χ3n) is 1.45. The summed E-state index contributed by atoms with van der Waals surface area (Å²) in [6.45, 7) is 0.316. The van der Waals surface area contributed by atoms with Crippen molar-refractivity contribution in [2.45, 2.75) is 6.10 Å². The first-order chi connectivity index (χ1) is 6.08. The van der Waals surface area contributed by atoms with E-state index in [2.05, 4.69) is 0 Å². The van der Waals surface area contributed by atoms with Gasteiger partial charge in [-0.2, -0.15) is 5.06 Å². The summed E-state index contributed by atoms with van der Waals surface area (Å²) in [6.07, 6.45) is -0.582. The van der Waals surface area contributed by atoms with Gasteiger partial charge in [0.15, 0.2) is 0 Å². The molecule has 0 spiro atoms. The molecule has 0 aromatic heterocycles. The lowest BCUT2D eigenvalue weighted by Crippen LogP contribution is -2.41. The number of β-amino-alcohol motifs (C(OH)–C–C–N with tert-alkyl or cyclic N) is 1. The lowest BCUT2D eigenvalue weighted by Gasteiger charge is -2.11. The first-order valence-electron chi connectivity index (χ1n) is 3.73. The Morgan fingerprint density at radius 2 is 2.38 bits per heavy atom. The SMILES string of the molecule is NC(=O)NC(=O)CN1C[C@@H](O)CO1. The Morgan fingerprint density at radius 3 is 2.85 bits per heavy atom. The Bertz CT molecular complexity index is 220. The Morgan fingerprint density at radius 1 is 1.69 bits per heavy atom. The zero-order valence-electron chi connectivity index (χ0n) is 6.90. The maximum atomic E-state index is 10.9. The monoisotopic (exact) mass is 189 g/mol. The minimum atomic E-state index is -0.898. The standard InChI is InChI=1S/C6H11N3O4/c7-6(12)8-5(11)2-9-1-4(10)3-13-9/h4,10H,1-3H2,(H3,7,8,11,12)/t4-/m1/s1. The minimum absolute atomic E-state index is 0.111. The number of hydrogen-bond donors (Lipinski definition) is 3. The van der Waals surface area contributed by atoms with Gasteiger partial charge >= 0.3 is 6.03 Å². The number of nitrogens with one attached hydrogen (secondary N) is 1. The molecule has 1 aliphatic rings. The van der Waals surface area contributed by atoms with E-state index in [4.69, 9.17) is 15.7 Å². The van der Waals surface area contributed by atoms with E-state index in [9.17, 15) is 9.59 Å². The summed E-state index contributed by atoms with van der Waals surface area (Å²) in [7, 11) is 0. The molecular formula is C6H11N3O4. The Hall–Kier alpha value is -1.18. The summed E-state index contributed by atoms with van der Waals surface area (Å²) < 4.78 is 0. The number of carbonyl (C=O) groups is 2. The molecule has 0 bridgehead atoms. The zero-order chi connectivity index (χ0) is 9.84. The van der Waals surface area contributed by atoms with Crippen LogP contribution in [0.15, 0.2) is 0 Å². The molecule has 0 unspecified atom stereocenters. The third kappa shape index (κ3) is 3.36. The molecule has 1 heterocycles. The maximum absolute atomic E-state index is 10.9. The van der Waals surface area contributed by atoms with Crippen LogP contribution < -0.4 is 11.1 Å². The normalized spacial score (nSPS) is 23.0. The van der Waals surface area contributed by atoms with Gasteiger partial charge in [-0.05, 0) is 0 Å². The molecule has 7 nitrogen and oxygen atoms in total. The van der Waals surface area contributed by atoms with Gasteiger partial charge in [0.25, 0.3) is 0 Å². The minimum Gasteiger partial charge on any atom is -0.389 e. The van der Waals surface area contributed by atoms with Gasteiger partial charge in [0.2, 0.25) is 5.91 Å². The number of urea groups is 1. The molecule has 7 heteroatoms. The van der Waals surface area contributed by atoms with E-state index in [1.165, 1.54) is 5.06 Å². The number of carbonyl (C=O) groups excluding carboxylic acids is 2. The number of nitrogens with zero attached hydrogens (tertiary/aromatic N) is 1. The predicted molar refractivity (Wildman–Crippen MR) is 41.3 cm³/mol. The van der Waals surface area contributed by atoms with Crippen molar-refractivity contribution in [3.63, 3.8) is 0 Å². The summed E-state index contributed by atoms with van der Waals surface area (Å²) in [5.41, 5.74) is 4.72. The summed E-state index contributed by atoms with van der Waals surface area (Å²) in [4.78, 5) is 26.0. The fraction of sp³-hybridized carbons (Fsp3) is 0.667. The summed E-state index contributed by atoms with van der Waals surface area (Å²) >= 11 is 0. The molecule has 0 aromatic rings. The number of nitrogens with two attached hydrogens (primary N) is 1. The molecule has 74 valence electrons. The molecule has 0 saturated carbocycles. The highest BCUT2D eigenvalue weighted by molar-refractivity contribution is 5.94. The predicted octanol–water partition coefficient (Wildman–Crippen LogP) is -2.21. The molecule has 0 aliphatic carbocycles. The zero-order valence-corrected chi connectivity index (χ0v) is 6.90. The summed E-state index contributed by atoms with van der Waals surface area (Å²) in [5, 5.41) is 12.2. The first kappa shape index (κ1) is 9.90. The molecule has 1 saturated heterocycles. The van der Waals surface area contributed by atoms with Crippen molar-refractivity contribution in [2.24, 2.45) is 5.73 Å². The molecule has 0 aromatic carbocycles. The number of imide groups is 1. The third-order valence-corrected chi connectivity index (χ3v) is 1.45. The van der Waals surface area contributed by atoms with Gasteiger partial charge in [0, 0.05) is 0 Å². The fourth-order valence-electron chi connectivity index (χ4n) is 0.979. The van der Waals surface area contributed by atoms with E-state index in [0.29, 0.717) is 0 Å². The second-order valence-corrected chi connectivity index (χ2v) is 2.68. The van der Waals surface area contributed by atoms with E-state index in [0.717, 1.165) is 0 Å². The highest BCUT2D eigenvalue weighted by Gasteiger charge is 2.23. The van der Waals surface area contributed by atoms with E-state index in [1.54, 1.807) is 0 Å². The van der Waals surface area contributed by atoms with E-state index < -0.39 is 18.0 Å². The van der Waals surface area contributed by atoms with Gasteiger partial charge in [0.05, 0.1) is 19.3 Å². The van der Waals surface area contributed by atoms with Crippen LogP contribution in [0.25, 0.3) is 0 Å². The molecule has 3 amide bonds. The molecule has 1 atom stereocenters. The van der Waals surface area contributed by atoms with E-state index in [-0.39, 0.29) is 19.7 Å². The topological polar surface area (TPSA) is 105 Å². The lowest BCUT2D eigenvalue weighted by molar-refractivity contribution is -0.141. The molecule has 13 heavy (non-hydrogen) atoms. The number of hydrogen-bond acceptors (Lipinski definition) is 5. The van der Waals surface area contributed by atoms with E-state index >= 15 is 0 Å². The van der Waals surface area contributed by atoms with Crippen molar-refractivity contribution in [2.75, 3.05) is 19.7 Å². The average Bonchev–Trinajstić information content (AvgIpc) is 2.33. The van der Waals surface area contributed by atoms with E-state index in [1.807, 2.05) is 5.32 Å². The smallest absolute Gasteiger partial charge is 0.318 e. The van der Waals surface area contributed by atoms with Crippen LogP contribution in [-0.4, -0.2) is 47.9 Å². The number of primary amides is 1. The average molecular weight is 189 g/mol. The van der Waals surface area contributed by atoms with Crippen LogP contribution in [0.2, 0.25) is 0 Å². The number of aliphatic hydroxyl groups excluding tert-OH is 1. The van der Waals surface area contributed by atoms with Gasteiger partial charge in [0.1, 0.15) is 6.54 Å². The van der Waals surface area contributed by atoms with Crippen LogP contribution in [0.5, 0.6) is 0 Å².